The van der Waals surface area contributed by atoms with E-state index in [1.165, 1.54) is 0 Å². The van der Waals surface area contributed by atoms with Crippen LogP contribution in [0.15, 0.2) is 12.3 Å². The molecule has 0 N–H and O–H groups in total. The molecule has 2 saturated heterocycles. The Kier molecular flexibility index (Phi) is 3.96. The van der Waals surface area contributed by atoms with Crippen molar-refractivity contribution in [1.82, 2.24) is 14.5 Å². The van der Waals surface area contributed by atoms with Crippen LogP contribution < -0.4 is 4.90 Å². The van der Waals surface area contributed by atoms with E-state index in [1.54, 1.807) is 0 Å². The maximum atomic E-state index is 5.58. The summed E-state index contributed by atoms with van der Waals surface area (Å²) < 4.78 is 13.4. The first-order chi connectivity index (χ1) is 11.5. The van der Waals surface area contributed by atoms with Crippen molar-refractivity contribution in [2.24, 2.45) is 0 Å². The van der Waals surface area contributed by atoms with Crippen LogP contribution in [0.2, 0.25) is 0 Å². The summed E-state index contributed by atoms with van der Waals surface area (Å²) in [6.07, 6.45) is 3.20. The van der Waals surface area contributed by atoms with Gasteiger partial charge in [-0.25, -0.2) is 9.97 Å². The van der Waals surface area contributed by atoms with Gasteiger partial charge in [0.2, 0.25) is 0 Å². The lowest BCUT2D eigenvalue weighted by Gasteiger charge is -2.29. The number of anilines is 1. The van der Waals surface area contributed by atoms with Crippen LogP contribution in [-0.2, 0) is 14.9 Å². The lowest BCUT2D eigenvalue weighted by molar-refractivity contribution is 0.122. The topological polar surface area (TPSA) is 52.4 Å². The molecule has 2 aromatic heterocycles. The molecule has 2 fully saturated rings. The van der Waals surface area contributed by atoms with Crippen LogP contribution in [0.25, 0.3) is 11.0 Å². The molecule has 2 aromatic rings. The minimum absolute atomic E-state index is 0.0868. The maximum absolute atomic E-state index is 5.58. The van der Waals surface area contributed by atoms with Gasteiger partial charge in [-0.1, -0.05) is 20.8 Å². The average Bonchev–Trinajstić information content (AvgIpc) is 3.22. The third-order valence-electron chi connectivity index (χ3n) is 4.83. The molecule has 4 heterocycles. The number of hydrogen-bond acceptors (Lipinski definition) is 5. The van der Waals surface area contributed by atoms with Crippen LogP contribution in [-0.4, -0.2) is 54.1 Å². The van der Waals surface area contributed by atoms with Crippen molar-refractivity contribution in [3.63, 3.8) is 0 Å². The molecule has 0 unspecified atom stereocenters. The Bertz CT molecular complexity index is 722. The second kappa shape index (κ2) is 6.01. The second-order valence-corrected chi connectivity index (χ2v) is 7.70. The van der Waals surface area contributed by atoms with Crippen molar-refractivity contribution in [3.05, 3.63) is 18.1 Å². The highest BCUT2D eigenvalue weighted by Gasteiger charge is 2.26. The van der Waals surface area contributed by atoms with Crippen molar-refractivity contribution in [2.75, 3.05) is 44.4 Å². The first kappa shape index (κ1) is 15.8. The van der Waals surface area contributed by atoms with E-state index in [4.69, 9.17) is 19.4 Å². The SMILES string of the molecule is CC(C)(C)c1nc(N2CCOCC2)c2ccn([C@@H]3CCOC3)c2n1. The molecule has 0 radical (unpaired) electrons. The van der Waals surface area contributed by atoms with E-state index in [-0.39, 0.29) is 5.41 Å². The fraction of sp³-hybridized carbons (Fsp3) is 0.667. The number of nitrogens with zero attached hydrogens (tertiary/aromatic N) is 4. The predicted molar refractivity (Wildman–Crippen MR) is 93.7 cm³/mol. The van der Waals surface area contributed by atoms with E-state index in [1.807, 2.05) is 0 Å². The van der Waals surface area contributed by atoms with E-state index < -0.39 is 0 Å². The average molecular weight is 330 g/mol. The molecule has 6 nitrogen and oxygen atoms in total. The van der Waals surface area contributed by atoms with Crippen LogP contribution in [0.4, 0.5) is 5.82 Å². The summed E-state index contributed by atoms with van der Waals surface area (Å²) in [5.74, 6) is 1.95. The fourth-order valence-corrected chi connectivity index (χ4v) is 3.41. The molecule has 130 valence electrons. The standard InChI is InChI=1S/C18H26N4O2/c1-18(2,3)17-19-15(21-7-10-23-11-8-21)14-4-6-22(16(14)20-17)13-5-9-24-12-13/h4,6,13H,5,7-12H2,1-3H3/t13-/m1/s1. The summed E-state index contributed by atoms with van der Waals surface area (Å²) >= 11 is 0. The van der Waals surface area contributed by atoms with Gasteiger partial charge in [-0.05, 0) is 12.5 Å². The molecule has 0 bridgehead atoms. The quantitative estimate of drug-likeness (QED) is 0.847. The first-order valence-corrected chi connectivity index (χ1v) is 8.83. The highest BCUT2D eigenvalue weighted by molar-refractivity contribution is 5.88. The summed E-state index contributed by atoms with van der Waals surface area (Å²) in [6, 6.07) is 2.54. The minimum atomic E-state index is -0.0868. The van der Waals surface area contributed by atoms with Crippen LogP contribution in [0, 0.1) is 0 Å². The zero-order valence-electron chi connectivity index (χ0n) is 14.8. The van der Waals surface area contributed by atoms with Crippen LogP contribution in [0.1, 0.15) is 39.1 Å². The Balaban J connectivity index is 1.86. The molecule has 0 amide bonds. The number of morpholine rings is 1. The Morgan fingerprint density at radius 3 is 2.54 bits per heavy atom. The number of rotatable bonds is 2. The summed E-state index contributed by atoms with van der Waals surface area (Å²) in [4.78, 5) is 12.2. The number of hydrogen-bond donors (Lipinski definition) is 0. The fourth-order valence-electron chi connectivity index (χ4n) is 3.41. The molecule has 24 heavy (non-hydrogen) atoms. The van der Waals surface area contributed by atoms with E-state index in [9.17, 15) is 0 Å². The summed E-state index contributed by atoms with van der Waals surface area (Å²) in [7, 11) is 0. The van der Waals surface area contributed by atoms with E-state index >= 15 is 0 Å². The minimum Gasteiger partial charge on any atom is -0.379 e. The second-order valence-electron chi connectivity index (χ2n) is 7.70. The largest absolute Gasteiger partial charge is 0.379 e. The van der Waals surface area contributed by atoms with E-state index in [0.29, 0.717) is 6.04 Å². The Labute approximate surface area is 142 Å². The molecule has 1 atom stereocenters. The Morgan fingerprint density at radius 1 is 1.08 bits per heavy atom. The van der Waals surface area contributed by atoms with Gasteiger partial charge in [-0.15, -0.1) is 0 Å². The van der Waals surface area contributed by atoms with Gasteiger partial charge in [-0.3, -0.25) is 0 Å². The monoisotopic (exact) mass is 330 g/mol. The molecule has 2 aliphatic rings. The maximum Gasteiger partial charge on any atom is 0.146 e. The lowest BCUT2D eigenvalue weighted by atomic mass is 9.95. The van der Waals surface area contributed by atoms with Gasteiger partial charge in [0, 0.05) is 31.3 Å². The smallest absolute Gasteiger partial charge is 0.146 e. The van der Waals surface area contributed by atoms with Gasteiger partial charge < -0.3 is 18.9 Å². The summed E-state index contributed by atoms with van der Waals surface area (Å²) in [5.41, 5.74) is 0.947. The Hall–Kier alpha value is -1.66. The van der Waals surface area contributed by atoms with E-state index in [2.05, 4.69) is 42.5 Å². The first-order valence-electron chi connectivity index (χ1n) is 8.83. The van der Waals surface area contributed by atoms with E-state index in [0.717, 1.165) is 68.6 Å². The molecule has 6 heteroatoms. The molecule has 0 spiro atoms. The van der Waals surface area contributed by atoms with Crippen molar-refractivity contribution >= 4 is 16.9 Å². The number of aromatic nitrogens is 3. The third kappa shape index (κ3) is 2.78. The van der Waals surface area contributed by atoms with Gasteiger partial charge >= 0.3 is 0 Å². The highest BCUT2D eigenvalue weighted by Crippen LogP contribution is 2.32. The highest BCUT2D eigenvalue weighted by atomic mass is 16.5. The Morgan fingerprint density at radius 2 is 1.88 bits per heavy atom. The van der Waals surface area contributed by atoms with Crippen molar-refractivity contribution < 1.29 is 9.47 Å². The van der Waals surface area contributed by atoms with Gasteiger partial charge in [0.1, 0.15) is 17.3 Å². The molecule has 4 rings (SSSR count). The van der Waals surface area contributed by atoms with Gasteiger partial charge in [-0.2, -0.15) is 0 Å². The molecular weight excluding hydrogens is 304 g/mol. The molecule has 0 aliphatic carbocycles. The zero-order chi connectivity index (χ0) is 16.7. The summed E-state index contributed by atoms with van der Waals surface area (Å²) in [6.45, 7) is 11.4. The van der Waals surface area contributed by atoms with Crippen LogP contribution >= 0.6 is 0 Å². The molecule has 2 aliphatic heterocycles. The molecule has 0 saturated carbocycles. The summed E-state index contributed by atoms with van der Waals surface area (Å²) in [5, 5.41) is 1.14. The number of ether oxygens (including phenoxy) is 2. The van der Waals surface area contributed by atoms with Crippen molar-refractivity contribution in [1.29, 1.82) is 0 Å². The lowest BCUT2D eigenvalue weighted by Crippen LogP contribution is -2.37. The predicted octanol–water partition coefficient (Wildman–Crippen LogP) is 2.53. The normalized spacial score (nSPS) is 22.5. The van der Waals surface area contributed by atoms with Crippen molar-refractivity contribution in [2.45, 2.75) is 38.6 Å². The molecule has 0 aromatic carbocycles. The van der Waals surface area contributed by atoms with Gasteiger partial charge in [0.25, 0.3) is 0 Å². The van der Waals surface area contributed by atoms with Gasteiger partial charge in [0.05, 0.1) is 31.2 Å². The number of fused-ring (bicyclic) bond motifs is 1. The van der Waals surface area contributed by atoms with Gasteiger partial charge in [0.15, 0.2) is 0 Å². The third-order valence-corrected chi connectivity index (χ3v) is 4.83. The van der Waals surface area contributed by atoms with Crippen LogP contribution in [0.3, 0.4) is 0 Å². The van der Waals surface area contributed by atoms with Crippen molar-refractivity contribution in [3.8, 4) is 0 Å². The van der Waals surface area contributed by atoms with Crippen LogP contribution in [0.5, 0.6) is 0 Å². The zero-order valence-corrected chi connectivity index (χ0v) is 14.8. The molecular formula is C18H26N4O2.